The molecule has 0 saturated carbocycles. The lowest BCUT2D eigenvalue weighted by molar-refractivity contribution is 0.0628. The molecule has 0 unspecified atom stereocenters. The molecule has 3 aromatic rings. The van der Waals surface area contributed by atoms with Crippen molar-refractivity contribution in [1.29, 1.82) is 0 Å². The number of nitrogens with zero attached hydrogens (tertiary/aromatic N) is 4. The van der Waals surface area contributed by atoms with Crippen molar-refractivity contribution < 1.29 is 4.79 Å². The number of hydrogen-bond donors (Lipinski definition) is 0. The van der Waals surface area contributed by atoms with Crippen LogP contribution in [0.3, 0.4) is 0 Å². The first-order chi connectivity index (χ1) is 12.7. The van der Waals surface area contributed by atoms with Gasteiger partial charge in [-0.1, -0.05) is 0 Å². The average molecular weight is 366 g/mol. The summed E-state index contributed by atoms with van der Waals surface area (Å²) in [6.07, 6.45) is 1.78. The molecule has 26 heavy (non-hydrogen) atoms. The van der Waals surface area contributed by atoms with E-state index >= 15 is 0 Å². The lowest BCUT2D eigenvalue weighted by atomic mass is 10.1. The molecule has 1 aliphatic heterocycles. The van der Waals surface area contributed by atoms with Crippen molar-refractivity contribution in [3.8, 4) is 5.69 Å². The van der Waals surface area contributed by atoms with Gasteiger partial charge in [0.15, 0.2) is 0 Å². The molecule has 2 aromatic heterocycles. The molecule has 6 heteroatoms. The van der Waals surface area contributed by atoms with Crippen LogP contribution in [-0.2, 0) is 6.54 Å². The predicted octanol–water partition coefficient (Wildman–Crippen LogP) is 3.20. The fourth-order valence-corrected chi connectivity index (χ4v) is 3.98. The summed E-state index contributed by atoms with van der Waals surface area (Å²) < 4.78 is 1.87. The summed E-state index contributed by atoms with van der Waals surface area (Å²) in [4.78, 5) is 17.1. The Bertz CT molecular complexity index is 862. The Hall–Kier alpha value is -2.44. The summed E-state index contributed by atoms with van der Waals surface area (Å²) in [7, 11) is 0. The number of aromatic nitrogens is 2. The lowest BCUT2D eigenvalue weighted by Gasteiger charge is -2.34. The van der Waals surface area contributed by atoms with Gasteiger partial charge < -0.3 is 4.90 Å². The highest BCUT2D eigenvalue weighted by Crippen LogP contribution is 2.15. The molecule has 1 saturated heterocycles. The Morgan fingerprint density at radius 2 is 1.85 bits per heavy atom. The van der Waals surface area contributed by atoms with E-state index in [4.69, 9.17) is 0 Å². The summed E-state index contributed by atoms with van der Waals surface area (Å²) in [5.41, 5.74) is 4.15. The zero-order valence-corrected chi connectivity index (χ0v) is 15.7. The number of amides is 1. The van der Waals surface area contributed by atoms with Crippen LogP contribution in [0.2, 0.25) is 0 Å². The van der Waals surface area contributed by atoms with Crippen LogP contribution in [0.4, 0.5) is 0 Å². The van der Waals surface area contributed by atoms with Gasteiger partial charge in [-0.2, -0.15) is 16.4 Å². The van der Waals surface area contributed by atoms with Crippen LogP contribution in [0.1, 0.15) is 21.6 Å². The number of piperazine rings is 1. The minimum Gasteiger partial charge on any atom is -0.336 e. The number of benzene rings is 1. The van der Waals surface area contributed by atoms with Crippen molar-refractivity contribution in [3.05, 3.63) is 70.2 Å². The second-order valence-corrected chi connectivity index (χ2v) is 7.41. The van der Waals surface area contributed by atoms with Crippen LogP contribution in [0.5, 0.6) is 0 Å². The molecule has 1 amide bonds. The Balaban J connectivity index is 1.37. The normalized spacial score (nSPS) is 15.3. The highest BCUT2D eigenvalue weighted by atomic mass is 32.1. The molecule has 4 rings (SSSR count). The van der Waals surface area contributed by atoms with Crippen LogP contribution < -0.4 is 0 Å². The fourth-order valence-electron chi connectivity index (χ4n) is 3.32. The number of aryl methyl sites for hydroxylation is 1. The Morgan fingerprint density at radius 1 is 1.08 bits per heavy atom. The van der Waals surface area contributed by atoms with Crippen molar-refractivity contribution in [2.45, 2.75) is 13.5 Å². The smallest absolute Gasteiger partial charge is 0.253 e. The van der Waals surface area contributed by atoms with E-state index in [0.717, 1.165) is 49.7 Å². The van der Waals surface area contributed by atoms with Crippen LogP contribution in [0.25, 0.3) is 5.69 Å². The second-order valence-electron chi connectivity index (χ2n) is 6.63. The van der Waals surface area contributed by atoms with Crippen molar-refractivity contribution in [2.24, 2.45) is 0 Å². The highest BCUT2D eigenvalue weighted by molar-refractivity contribution is 7.07. The molecular formula is C20H22N4OS. The maximum Gasteiger partial charge on any atom is 0.253 e. The van der Waals surface area contributed by atoms with Gasteiger partial charge in [-0.25, -0.2) is 4.68 Å². The van der Waals surface area contributed by atoms with Crippen molar-refractivity contribution >= 4 is 17.2 Å². The SMILES string of the molecule is Cc1ccnn1-c1ccc(C(=O)N2CCN(Cc3ccsc3)CC2)cc1. The molecule has 5 nitrogen and oxygen atoms in total. The molecule has 0 N–H and O–H groups in total. The van der Waals surface area contributed by atoms with Gasteiger partial charge in [0.2, 0.25) is 0 Å². The van der Waals surface area contributed by atoms with Crippen molar-refractivity contribution in [1.82, 2.24) is 19.6 Å². The summed E-state index contributed by atoms with van der Waals surface area (Å²) in [5, 5.41) is 8.62. The first kappa shape index (κ1) is 17.0. The maximum atomic E-state index is 12.8. The highest BCUT2D eigenvalue weighted by Gasteiger charge is 2.22. The van der Waals surface area contributed by atoms with E-state index in [-0.39, 0.29) is 5.91 Å². The van der Waals surface area contributed by atoms with Gasteiger partial charge in [0.1, 0.15) is 0 Å². The van der Waals surface area contributed by atoms with Gasteiger partial charge in [0.25, 0.3) is 5.91 Å². The van der Waals surface area contributed by atoms with E-state index in [1.807, 2.05) is 46.8 Å². The van der Waals surface area contributed by atoms with E-state index in [0.29, 0.717) is 0 Å². The molecule has 0 atom stereocenters. The molecule has 0 spiro atoms. The molecule has 1 fully saturated rings. The van der Waals surface area contributed by atoms with Crippen LogP contribution in [0.15, 0.2) is 53.4 Å². The van der Waals surface area contributed by atoms with E-state index in [1.165, 1.54) is 5.56 Å². The number of carbonyl (C=O) groups is 1. The third-order valence-corrected chi connectivity index (χ3v) is 5.57. The molecular weight excluding hydrogens is 344 g/mol. The van der Waals surface area contributed by atoms with E-state index in [9.17, 15) is 4.79 Å². The molecule has 134 valence electrons. The Labute approximate surface area is 157 Å². The van der Waals surface area contributed by atoms with E-state index in [2.05, 4.69) is 26.8 Å². The van der Waals surface area contributed by atoms with Gasteiger partial charge >= 0.3 is 0 Å². The van der Waals surface area contributed by atoms with Crippen molar-refractivity contribution in [3.63, 3.8) is 0 Å². The van der Waals surface area contributed by atoms with Crippen LogP contribution in [-0.4, -0.2) is 51.7 Å². The summed E-state index contributed by atoms with van der Waals surface area (Å²) in [6, 6.07) is 11.9. The largest absolute Gasteiger partial charge is 0.336 e. The molecule has 0 aliphatic carbocycles. The Kier molecular flexibility index (Phi) is 4.86. The van der Waals surface area contributed by atoms with Crippen molar-refractivity contribution in [2.75, 3.05) is 26.2 Å². The van der Waals surface area contributed by atoms with Gasteiger partial charge in [-0.15, -0.1) is 0 Å². The van der Waals surface area contributed by atoms with Gasteiger partial charge in [0.05, 0.1) is 5.69 Å². The number of rotatable bonds is 4. The number of hydrogen-bond acceptors (Lipinski definition) is 4. The molecule has 0 radical (unpaired) electrons. The predicted molar refractivity (Wildman–Crippen MR) is 104 cm³/mol. The third-order valence-electron chi connectivity index (χ3n) is 4.84. The van der Waals surface area contributed by atoms with Gasteiger partial charge in [0, 0.05) is 50.2 Å². The molecule has 1 aromatic carbocycles. The van der Waals surface area contributed by atoms with Gasteiger partial charge in [-0.05, 0) is 59.6 Å². The Morgan fingerprint density at radius 3 is 2.46 bits per heavy atom. The van der Waals surface area contributed by atoms with Gasteiger partial charge in [-0.3, -0.25) is 9.69 Å². The van der Waals surface area contributed by atoms with E-state index in [1.54, 1.807) is 17.5 Å². The molecule has 3 heterocycles. The zero-order valence-electron chi connectivity index (χ0n) is 14.8. The summed E-state index contributed by atoms with van der Waals surface area (Å²) in [6.45, 7) is 6.40. The first-order valence-corrected chi connectivity index (χ1v) is 9.79. The van der Waals surface area contributed by atoms with Crippen LogP contribution in [0, 0.1) is 6.92 Å². The summed E-state index contributed by atoms with van der Waals surface area (Å²) >= 11 is 1.73. The summed E-state index contributed by atoms with van der Waals surface area (Å²) in [5.74, 6) is 0.115. The zero-order chi connectivity index (χ0) is 17.9. The molecule has 0 bridgehead atoms. The number of carbonyl (C=O) groups excluding carboxylic acids is 1. The third kappa shape index (κ3) is 3.57. The topological polar surface area (TPSA) is 41.4 Å². The lowest BCUT2D eigenvalue weighted by Crippen LogP contribution is -2.48. The minimum absolute atomic E-state index is 0.115. The average Bonchev–Trinajstić information content (AvgIpc) is 3.34. The second kappa shape index (κ2) is 7.43. The quantitative estimate of drug-likeness (QED) is 0.712. The standard InChI is InChI=1S/C20H22N4OS/c1-16-6-8-21-24(16)19-4-2-18(3-5-19)20(25)23-11-9-22(10-12-23)14-17-7-13-26-15-17/h2-8,13,15H,9-12,14H2,1H3. The maximum absolute atomic E-state index is 12.8. The number of thiophene rings is 1. The fraction of sp³-hybridized carbons (Fsp3) is 0.300. The monoisotopic (exact) mass is 366 g/mol. The first-order valence-electron chi connectivity index (χ1n) is 8.84. The minimum atomic E-state index is 0.115. The van der Waals surface area contributed by atoms with Crippen LogP contribution >= 0.6 is 11.3 Å². The van der Waals surface area contributed by atoms with E-state index < -0.39 is 0 Å². The molecule has 1 aliphatic rings.